The van der Waals surface area contributed by atoms with E-state index in [1.54, 1.807) is 0 Å². The van der Waals surface area contributed by atoms with Crippen LogP contribution in [0.25, 0.3) is 0 Å². The van der Waals surface area contributed by atoms with E-state index in [0.717, 1.165) is 6.54 Å². The fourth-order valence-electron chi connectivity index (χ4n) is 2.14. The predicted molar refractivity (Wildman–Crippen MR) is 79.9 cm³/mol. The molecule has 0 fully saturated rings. The Balaban J connectivity index is 0.000000581. The van der Waals surface area contributed by atoms with Crippen molar-refractivity contribution in [1.29, 1.82) is 0 Å². The van der Waals surface area contributed by atoms with Gasteiger partial charge in [-0.1, -0.05) is 59.7 Å². The quantitative estimate of drug-likeness (QED) is 0.703. The summed E-state index contributed by atoms with van der Waals surface area (Å²) in [6.07, 6.45) is 2.48. The van der Waals surface area contributed by atoms with Crippen LogP contribution >= 0.6 is 0 Å². The highest BCUT2D eigenvalue weighted by Gasteiger charge is 2.29. The number of benzene rings is 1. The van der Waals surface area contributed by atoms with Gasteiger partial charge in [-0.2, -0.15) is 0 Å². The summed E-state index contributed by atoms with van der Waals surface area (Å²) >= 11 is 0. The normalized spacial score (nSPS) is 20.8. The topological polar surface area (TPSA) is 12.0 Å². The van der Waals surface area contributed by atoms with E-state index in [9.17, 15) is 0 Å². The molecule has 1 atom stereocenters. The van der Waals surface area contributed by atoms with Crippen LogP contribution < -0.4 is 5.32 Å². The molecule has 1 unspecified atom stereocenters. The van der Waals surface area contributed by atoms with Gasteiger partial charge in [0, 0.05) is 12.2 Å². The first-order valence-corrected chi connectivity index (χ1v) is 7.10. The summed E-state index contributed by atoms with van der Waals surface area (Å²) in [5.74, 6) is 0. The third-order valence-corrected chi connectivity index (χ3v) is 3.35. The summed E-state index contributed by atoms with van der Waals surface area (Å²) in [5.41, 5.74) is 3.21. The van der Waals surface area contributed by atoms with Crippen LogP contribution in [-0.4, -0.2) is 6.54 Å². The summed E-state index contributed by atoms with van der Waals surface area (Å²) in [6.45, 7) is 13.8. The second-order valence-corrected chi connectivity index (χ2v) is 4.14. The highest BCUT2D eigenvalue weighted by atomic mass is 14.9. The molecule has 0 aliphatic carbocycles. The Morgan fingerprint density at radius 1 is 1.12 bits per heavy atom. The molecule has 1 nitrogen and oxygen atoms in total. The monoisotopic (exact) mass is 235 g/mol. The number of hydrogen-bond donors (Lipinski definition) is 1. The molecule has 0 saturated carbocycles. The highest BCUT2D eigenvalue weighted by Crippen LogP contribution is 2.38. The van der Waals surface area contributed by atoms with Crippen molar-refractivity contribution >= 4 is 5.69 Å². The number of anilines is 1. The first kappa shape index (κ1) is 16.0. The van der Waals surface area contributed by atoms with E-state index < -0.39 is 0 Å². The summed E-state index contributed by atoms with van der Waals surface area (Å²) in [5, 5.41) is 3.45. The highest BCUT2D eigenvalue weighted by molar-refractivity contribution is 5.56. The second-order valence-electron chi connectivity index (χ2n) is 4.14. The molecule has 0 aromatic heterocycles. The molecular weight excluding hydrogens is 206 g/mol. The van der Waals surface area contributed by atoms with Crippen LogP contribution in [0.5, 0.6) is 0 Å². The molecule has 1 aromatic rings. The molecule has 0 radical (unpaired) electrons. The number of fused-ring (bicyclic) bond motifs is 1. The van der Waals surface area contributed by atoms with Crippen molar-refractivity contribution in [2.45, 2.75) is 59.8 Å². The van der Waals surface area contributed by atoms with Gasteiger partial charge in [0.2, 0.25) is 0 Å². The van der Waals surface area contributed by atoms with Crippen molar-refractivity contribution < 1.29 is 0 Å². The molecule has 98 valence electrons. The van der Waals surface area contributed by atoms with Gasteiger partial charge in [0.25, 0.3) is 0 Å². The lowest BCUT2D eigenvalue weighted by Gasteiger charge is -2.35. The summed E-state index contributed by atoms with van der Waals surface area (Å²) in [4.78, 5) is 0. The van der Waals surface area contributed by atoms with Crippen LogP contribution in [0.4, 0.5) is 5.69 Å². The zero-order chi connectivity index (χ0) is 13.3. The first-order valence-electron chi connectivity index (χ1n) is 7.10. The van der Waals surface area contributed by atoms with Gasteiger partial charge in [-0.15, -0.1) is 0 Å². The van der Waals surface area contributed by atoms with Gasteiger partial charge >= 0.3 is 0 Å². The average Bonchev–Trinajstić information content (AvgIpc) is 2.44. The molecule has 2 rings (SSSR count). The van der Waals surface area contributed by atoms with E-state index in [0.29, 0.717) is 5.41 Å². The molecule has 1 aliphatic rings. The minimum Gasteiger partial charge on any atom is -0.385 e. The van der Waals surface area contributed by atoms with E-state index in [-0.39, 0.29) is 0 Å². The maximum atomic E-state index is 3.45. The van der Waals surface area contributed by atoms with Crippen molar-refractivity contribution in [2.75, 3.05) is 11.9 Å². The fourth-order valence-corrected chi connectivity index (χ4v) is 2.14. The summed E-state index contributed by atoms with van der Waals surface area (Å²) < 4.78 is 0. The van der Waals surface area contributed by atoms with Gasteiger partial charge in [0.1, 0.15) is 0 Å². The Morgan fingerprint density at radius 2 is 1.71 bits per heavy atom. The third kappa shape index (κ3) is 3.76. The average molecular weight is 235 g/mol. The van der Waals surface area contributed by atoms with E-state index in [4.69, 9.17) is 0 Å². The van der Waals surface area contributed by atoms with E-state index in [1.165, 1.54) is 24.1 Å². The molecular formula is C16H29N. The Kier molecular flexibility index (Phi) is 7.69. The smallest absolute Gasteiger partial charge is 0.0378 e. The Bertz CT molecular complexity index is 306. The molecule has 0 spiro atoms. The molecule has 1 N–H and O–H groups in total. The van der Waals surface area contributed by atoms with Crippen molar-refractivity contribution in [2.24, 2.45) is 0 Å². The third-order valence-electron chi connectivity index (χ3n) is 3.35. The van der Waals surface area contributed by atoms with E-state index in [1.807, 2.05) is 27.7 Å². The van der Waals surface area contributed by atoms with Crippen LogP contribution in [0, 0.1) is 0 Å². The number of para-hydroxylation sites is 1. The van der Waals surface area contributed by atoms with Crippen molar-refractivity contribution in [3.05, 3.63) is 29.8 Å². The van der Waals surface area contributed by atoms with Crippen LogP contribution in [0.15, 0.2) is 24.3 Å². The van der Waals surface area contributed by atoms with Crippen molar-refractivity contribution in [1.82, 2.24) is 0 Å². The molecule has 0 bridgehead atoms. The van der Waals surface area contributed by atoms with Crippen molar-refractivity contribution in [3.8, 4) is 0 Å². The molecule has 1 heterocycles. The van der Waals surface area contributed by atoms with Crippen LogP contribution in [-0.2, 0) is 5.41 Å². The van der Waals surface area contributed by atoms with Gasteiger partial charge in [-0.05, 0) is 29.9 Å². The number of rotatable bonds is 1. The summed E-state index contributed by atoms with van der Waals surface area (Å²) in [6, 6.07) is 8.68. The molecule has 1 heteroatoms. The fraction of sp³-hybridized carbons (Fsp3) is 0.625. The molecule has 0 amide bonds. The largest absolute Gasteiger partial charge is 0.385 e. The van der Waals surface area contributed by atoms with Gasteiger partial charge in [0.15, 0.2) is 0 Å². The second kappa shape index (κ2) is 8.16. The molecule has 17 heavy (non-hydrogen) atoms. The first-order chi connectivity index (χ1) is 8.26. The van der Waals surface area contributed by atoms with Crippen LogP contribution in [0.3, 0.4) is 0 Å². The Labute approximate surface area is 108 Å². The summed E-state index contributed by atoms with van der Waals surface area (Å²) in [7, 11) is 0. The minimum absolute atomic E-state index is 0.391. The minimum atomic E-state index is 0.391. The zero-order valence-corrected chi connectivity index (χ0v) is 12.4. The van der Waals surface area contributed by atoms with Gasteiger partial charge in [-0.25, -0.2) is 0 Å². The molecule has 1 aromatic carbocycles. The molecule has 0 saturated heterocycles. The standard InChI is InChI=1S/C12H17N.2C2H6/c1-3-12(2)8-9-13-11-7-5-4-6-10(11)12;2*1-2/h4-7,13H,3,8-9H2,1-2H3;2*1-2H3. The molecule has 1 aliphatic heterocycles. The Hall–Kier alpha value is -0.980. The van der Waals surface area contributed by atoms with Crippen LogP contribution in [0.1, 0.15) is 59.9 Å². The lowest BCUT2D eigenvalue weighted by atomic mass is 9.74. The zero-order valence-electron chi connectivity index (χ0n) is 12.4. The predicted octanol–water partition coefficient (Wildman–Crippen LogP) is 5.22. The van der Waals surface area contributed by atoms with Gasteiger partial charge in [0.05, 0.1) is 0 Å². The van der Waals surface area contributed by atoms with E-state index >= 15 is 0 Å². The number of hydrogen-bond acceptors (Lipinski definition) is 1. The SMILES string of the molecule is CC.CC.CCC1(C)CCNc2ccccc21. The maximum Gasteiger partial charge on any atom is 0.0378 e. The maximum absolute atomic E-state index is 3.45. The number of nitrogens with one attached hydrogen (secondary N) is 1. The lowest BCUT2D eigenvalue weighted by Crippen LogP contribution is -2.30. The van der Waals surface area contributed by atoms with Gasteiger partial charge < -0.3 is 5.32 Å². The lowest BCUT2D eigenvalue weighted by molar-refractivity contribution is 0.420. The van der Waals surface area contributed by atoms with Crippen molar-refractivity contribution in [3.63, 3.8) is 0 Å². The Morgan fingerprint density at radius 3 is 2.29 bits per heavy atom. The van der Waals surface area contributed by atoms with Gasteiger partial charge in [-0.3, -0.25) is 0 Å². The van der Waals surface area contributed by atoms with E-state index in [2.05, 4.69) is 43.4 Å². The van der Waals surface area contributed by atoms with Crippen LogP contribution in [0.2, 0.25) is 0 Å².